The molecule has 138 valence electrons. The van der Waals surface area contributed by atoms with Crippen LogP contribution in [-0.4, -0.2) is 35.4 Å². The summed E-state index contributed by atoms with van der Waals surface area (Å²) < 4.78 is 14.8. The Kier molecular flexibility index (Phi) is 10.1. The molecule has 1 aromatic carbocycles. The van der Waals surface area contributed by atoms with Crippen LogP contribution in [0.15, 0.2) is 47.7 Å². The molecule has 0 aliphatic rings. The number of hydrogen-bond donors (Lipinski definition) is 2. The maximum atomic E-state index is 12.9. The number of guanidine groups is 1. The molecule has 2 N–H and O–H groups in total. The largest absolute Gasteiger partial charge is 0.357 e. The topological polar surface area (TPSA) is 54.2 Å². The highest BCUT2D eigenvalue weighted by Gasteiger charge is 2.04. The van der Waals surface area contributed by atoms with Crippen LogP contribution in [0.1, 0.15) is 19.4 Å². The summed E-state index contributed by atoms with van der Waals surface area (Å²) in [6, 6.07) is 8.54. The van der Waals surface area contributed by atoms with Crippen LogP contribution >= 0.6 is 24.0 Å². The van der Waals surface area contributed by atoms with Crippen LogP contribution in [0.3, 0.4) is 0 Å². The van der Waals surface area contributed by atoms with E-state index >= 15 is 0 Å². The Balaban J connectivity index is 0.00000312. The Morgan fingerprint density at radius 2 is 2.04 bits per heavy atom. The smallest absolute Gasteiger partial charge is 0.191 e. The fourth-order valence-corrected chi connectivity index (χ4v) is 2.35. The summed E-state index contributed by atoms with van der Waals surface area (Å²) >= 11 is 0. The van der Waals surface area contributed by atoms with Gasteiger partial charge in [0.15, 0.2) is 5.96 Å². The Morgan fingerprint density at radius 3 is 2.68 bits per heavy atom. The van der Waals surface area contributed by atoms with E-state index in [0.717, 1.165) is 44.1 Å². The lowest BCUT2D eigenvalue weighted by Gasteiger charge is -2.13. The fourth-order valence-electron chi connectivity index (χ4n) is 2.35. The Bertz CT molecular complexity index is 613. The van der Waals surface area contributed by atoms with Gasteiger partial charge in [-0.1, -0.05) is 19.1 Å². The lowest BCUT2D eigenvalue weighted by atomic mass is 10.1. The van der Waals surface area contributed by atoms with Crippen LogP contribution in [0.2, 0.25) is 0 Å². The zero-order valence-electron chi connectivity index (χ0n) is 14.8. The van der Waals surface area contributed by atoms with Gasteiger partial charge in [-0.3, -0.25) is 9.67 Å². The van der Waals surface area contributed by atoms with Crippen LogP contribution in [0.5, 0.6) is 0 Å². The third-order valence-corrected chi connectivity index (χ3v) is 3.58. The molecule has 5 nitrogen and oxygen atoms in total. The summed E-state index contributed by atoms with van der Waals surface area (Å²) in [4.78, 5) is 4.63. The standard InChI is InChI=1S/C18H26FN5.HI/c1-3-20-18(21-11-9-16-5-7-17(19)8-6-16)22-13-15(2)14-24-12-4-10-23-24;/h4-8,10,12,15H,3,9,11,13-14H2,1-2H3,(H2,20,21,22);1H. The summed E-state index contributed by atoms with van der Waals surface area (Å²) in [6.45, 7) is 7.36. The second-order valence-corrected chi connectivity index (χ2v) is 5.86. The van der Waals surface area contributed by atoms with Gasteiger partial charge in [0.2, 0.25) is 0 Å². The van der Waals surface area contributed by atoms with E-state index in [-0.39, 0.29) is 29.8 Å². The van der Waals surface area contributed by atoms with Gasteiger partial charge in [-0.05, 0) is 43.0 Å². The molecule has 0 amide bonds. The van der Waals surface area contributed by atoms with Crippen molar-refractivity contribution in [3.8, 4) is 0 Å². The first kappa shape index (κ1) is 21.4. The number of halogens is 2. The predicted octanol–water partition coefficient (Wildman–Crippen LogP) is 3.07. The van der Waals surface area contributed by atoms with Crippen molar-refractivity contribution >= 4 is 29.9 Å². The number of nitrogens with one attached hydrogen (secondary N) is 2. The van der Waals surface area contributed by atoms with Crippen LogP contribution in [0, 0.1) is 11.7 Å². The third-order valence-electron chi connectivity index (χ3n) is 3.58. The summed E-state index contributed by atoms with van der Waals surface area (Å²) in [5.74, 6) is 1.01. The van der Waals surface area contributed by atoms with Gasteiger partial charge in [-0.15, -0.1) is 24.0 Å². The van der Waals surface area contributed by atoms with Crippen molar-refractivity contribution in [2.45, 2.75) is 26.8 Å². The number of rotatable bonds is 8. The van der Waals surface area contributed by atoms with E-state index in [4.69, 9.17) is 0 Å². The third kappa shape index (κ3) is 8.33. The molecule has 0 saturated heterocycles. The minimum Gasteiger partial charge on any atom is -0.357 e. The van der Waals surface area contributed by atoms with Crippen molar-refractivity contribution in [3.63, 3.8) is 0 Å². The average molecular weight is 459 g/mol. The van der Waals surface area contributed by atoms with Gasteiger partial charge in [0.1, 0.15) is 5.82 Å². The molecule has 0 aliphatic carbocycles. The second-order valence-electron chi connectivity index (χ2n) is 5.86. The number of aliphatic imine (C=N–C) groups is 1. The van der Waals surface area contributed by atoms with Crippen molar-refractivity contribution < 1.29 is 4.39 Å². The van der Waals surface area contributed by atoms with Crippen molar-refractivity contribution in [3.05, 3.63) is 54.1 Å². The number of benzene rings is 1. The maximum absolute atomic E-state index is 12.9. The number of aromatic nitrogens is 2. The van der Waals surface area contributed by atoms with Gasteiger partial charge in [0.05, 0.1) is 0 Å². The summed E-state index contributed by atoms with van der Waals surface area (Å²) in [5, 5.41) is 10.8. The molecule has 1 atom stereocenters. The number of nitrogens with zero attached hydrogens (tertiary/aromatic N) is 3. The summed E-state index contributed by atoms with van der Waals surface area (Å²) in [5.41, 5.74) is 1.10. The Morgan fingerprint density at radius 1 is 1.28 bits per heavy atom. The van der Waals surface area contributed by atoms with E-state index in [1.807, 2.05) is 36.0 Å². The van der Waals surface area contributed by atoms with E-state index in [1.165, 1.54) is 12.1 Å². The molecule has 0 saturated carbocycles. The second kappa shape index (κ2) is 11.8. The lowest BCUT2D eigenvalue weighted by Crippen LogP contribution is -2.38. The molecule has 0 spiro atoms. The molecule has 0 radical (unpaired) electrons. The molecule has 7 heteroatoms. The Hall–Kier alpha value is -1.64. The van der Waals surface area contributed by atoms with E-state index in [1.54, 1.807) is 6.20 Å². The quantitative estimate of drug-likeness (QED) is 0.363. The maximum Gasteiger partial charge on any atom is 0.191 e. The van der Waals surface area contributed by atoms with Crippen molar-refractivity contribution in [2.24, 2.45) is 10.9 Å². The zero-order valence-corrected chi connectivity index (χ0v) is 17.1. The minimum atomic E-state index is -0.201. The highest BCUT2D eigenvalue weighted by molar-refractivity contribution is 14.0. The molecule has 0 aliphatic heterocycles. The first-order chi connectivity index (χ1) is 11.7. The van der Waals surface area contributed by atoms with Crippen LogP contribution < -0.4 is 10.6 Å². The van der Waals surface area contributed by atoms with Crippen LogP contribution in [0.4, 0.5) is 4.39 Å². The normalized spacial score (nSPS) is 12.4. The fraction of sp³-hybridized carbons (Fsp3) is 0.444. The van der Waals surface area contributed by atoms with Crippen molar-refractivity contribution in [1.82, 2.24) is 20.4 Å². The molecule has 1 aromatic heterocycles. The van der Waals surface area contributed by atoms with E-state index < -0.39 is 0 Å². The molecular formula is C18H27FIN5. The molecule has 2 aromatic rings. The van der Waals surface area contributed by atoms with Gasteiger partial charge >= 0.3 is 0 Å². The molecule has 1 heterocycles. The highest BCUT2D eigenvalue weighted by atomic mass is 127. The monoisotopic (exact) mass is 459 g/mol. The Labute approximate surface area is 166 Å². The lowest BCUT2D eigenvalue weighted by molar-refractivity contribution is 0.458. The van der Waals surface area contributed by atoms with Crippen molar-refractivity contribution in [1.29, 1.82) is 0 Å². The van der Waals surface area contributed by atoms with Crippen LogP contribution in [0.25, 0.3) is 0 Å². The van der Waals surface area contributed by atoms with Gasteiger partial charge < -0.3 is 10.6 Å². The first-order valence-corrected chi connectivity index (χ1v) is 8.41. The molecule has 25 heavy (non-hydrogen) atoms. The molecule has 2 rings (SSSR count). The SMILES string of the molecule is CCNC(=NCC(C)Cn1cccn1)NCCc1ccc(F)cc1.I. The zero-order chi connectivity index (χ0) is 17.2. The summed E-state index contributed by atoms with van der Waals surface area (Å²) in [6.07, 6.45) is 4.58. The van der Waals surface area contributed by atoms with Gasteiger partial charge in [-0.25, -0.2) is 4.39 Å². The minimum absolute atomic E-state index is 0. The van der Waals surface area contributed by atoms with E-state index in [2.05, 4.69) is 27.6 Å². The van der Waals surface area contributed by atoms with Gasteiger partial charge in [0, 0.05) is 38.6 Å². The van der Waals surface area contributed by atoms with Gasteiger partial charge in [-0.2, -0.15) is 5.10 Å². The average Bonchev–Trinajstić information content (AvgIpc) is 3.07. The number of hydrogen-bond acceptors (Lipinski definition) is 2. The van der Waals surface area contributed by atoms with E-state index in [9.17, 15) is 4.39 Å². The van der Waals surface area contributed by atoms with Gasteiger partial charge in [0.25, 0.3) is 0 Å². The molecule has 0 fully saturated rings. The molecule has 0 bridgehead atoms. The molecule has 1 unspecified atom stereocenters. The van der Waals surface area contributed by atoms with Crippen LogP contribution in [-0.2, 0) is 13.0 Å². The first-order valence-electron chi connectivity index (χ1n) is 8.41. The highest BCUT2D eigenvalue weighted by Crippen LogP contribution is 2.03. The van der Waals surface area contributed by atoms with Crippen molar-refractivity contribution in [2.75, 3.05) is 19.6 Å². The predicted molar refractivity (Wildman–Crippen MR) is 111 cm³/mol. The summed E-state index contributed by atoms with van der Waals surface area (Å²) in [7, 11) is 0. The molecular weight excluding hydrogens is 432 g/mol. The van der Waals surface area contributed by atoms with E-state index in [0.29, 0.717) is 5.92 Å².